The molecule has 27 heavy (non-hydrogen) atoms. The Hall–Kier alpha value is -2.50. The summed E-state index contributed by atoms with van der Waals surface area (Å²) in [7, 11) is 0. The van der Waals surface area contributed by atoms with E-state index in [1.165, 1.54) is 0 Å². The van der Waals surface area contributed by atoms with E-state index in [4.69, 9.17) is 32.7 Å². The Kier molecular flexibility index (Phi) is 7.70. The summed E-state index contributed by atoms with van der Waals surface area (Å²) in [5.41, 5.74) is 1.93. The van der Waals surface area contributed by atoms with E-state index in [0.717, 1.165) is 0 Å². The molecule has 0 radical (unpaired) electrons. The maximum absolute atomic E-state index is 12.3. The van der Waals surface area contributed by atoms with Gasteiger partial charge < -0.3 is 9.47 Å². The Balaban J connectivity index is 2.11. The number of alkyl carbamates (subject to hydrolysis) is 1. The number of amides is 1. The summed E-state index contributed by atoms with van der Waals surface area (Å²) in [6, 6.07) is 13.9. The smallest absolute Gasteiger partial charge is 0.411 e. The highest BCUT2D eigenvalue weighted by Crippen LogP contribution is 2.23. The molecule has 7 heteroatoms. The van der Waals surface area contributed by atoms with Gasteiger partial charge in [0.2, 0.25) is 0 Å². The van der Waals surface area contributed by atoms with E-state index in [1.54, 1.807) is 56.3 Å². The van der Waals surface area contributed by atoms with Gasteiger partial charge in [-0.25, -0.2) is 9.59 Å². The lowest BCUT2D eigenvalue weighted by Crippen LogP contribution is -2.25. The standard InChI is InChI=1S/C20H19Cl2NO4/c1-3-26-19(24)18(15-7-5-4-6-8-15)13(2)23-20(25)27-12-14-9-10-16(21)17(22)11-14/h4-11H,3,12H2,1-2H3,(H,23,25)/b18-13-. The first-order chi connectivity index (χ1) is 12.9. The van der Waals surface area contributed by atoms with Crippen molar-refractivity contribution in [3.05, 3.63) is 75.4 Å². The molecule has 1 N–H and O–H groups in total. The predicted octanol–water partition coefficient (Wildman–Crippen LogP) is 5.21. The van der Waals surface area contributed by atoms with Crippen LogP contribution in [0, 0.1) is 0 Å². The van der Waals surface area contributed by atoms with Crippen LogP contribution in [0.5, 0.6) is 0 Å². The van der Waals surface area contributed by atoms with Crippen LogP contribution in [0.4, 0.5) is 4.79 Å². The summed E-state index contributed by atoms with van der Waals surface area (Å²) >= 11 is 11.8. The molecule has 2 aromatic rings. The van der Waals surface area contributed by atoms with Crippen LogP contribution in [-0.2, 0) is 20.9 Å². The van der Waals surface area contributed by atoms with Crippen molar-refractivity contribution in [2.45, 2.75) is 20.5 Å². The Morgan fingerprint density at radius 3 is 2.33 bits per heavy atom. The van der Waals surface area contributed by atoms with Gasteiger partial charge in [0, 0.05) is 5.70 Å². The first kappa shape index (κ1) is 20.8. The van der Waals surface area contributed by atoms with Gasteiger partial charge in [-0.3, -0.25) is 5.32 Å². The van der Waals surface area contributed by atoms with Crippen LogP contribution in [0.2, 0.25) is 10.0 Å². The number of carbonyl (C=O) groups excluding carboxylic acids is 2. The molecule has 0 fully saturated rings. The van der Waals surface area contributed by atoms with E-state index in [9.17, 15) is 9.59 Å². The van der Waals surface area contributed by atoms with Crippen molar-refractivity contribution < 1.29 is 19.1 Å². The van der Waals surface area contributed by atoms with Crippen LogP contribution in [-0.4, -0.2) is 18.7 Å². The van der Waals surface area contributed by atoms with E-state index >= 15 is 0 Å². The Labute approximate surface area is 167 Å². The quantitative estimate of drug-likeness (QED) is 0.526. The number of halogens is 2. The molecule has 0 spiro atoms. The number of hydrogen-bond acceptors (Lipinski definition) is 4. The van der Waals surface area contributed by atoms with Crippen LogP contribution in [0.1, 0.15) is 25.0 Å². The molecule has 2 aromatic carbocycles. The second kappa shape index (κ2) is 10.00. The normalized spacial score (nSPS) is 11.4. The molecule has 0 aliphatic rings. The third-order valence-corrected chi connectivity index (χ3v) is 4.30. The fraction of sp³-hybridized carbons (Fsp3) is 0.200. The van der Waals surface area contributed by atoms with Crippen LogP contribution >= 0.6 is 23.2 Å². The lowest BCUT2D eigenvalue weighted by Gasteiger charge is -2.13. The molecule has 0 saturated carbocycles. The summed E-state index contributed by atoms with van der Waals surface area (Å²) < 4.78 is 10.3. The molecule has 0 aliphatic carbocycles. The molecule has 0 unspecified atom stereocenters. The number of nitrogens with one attached hydrogen (secondary N) is 1. The highest BCUT2D eigenvalue weighted by atomic mass is 35.5. The number of esters is 1. The number of hydrogen-bond donors (Lipinski definition) is 1. The van der Waals surface area contributed by atoms with Gasteiger partial charge >= 0.3 is 12.1 Å². The number of rotatable bonds is 6. The first-order valence-electron chi connectivity index (χ1n) is 8.23. The fourth-order valence-electron chi connectivity index (χ4n) is 2.33. The molecule has 0 atom stereocenters. The van der Waals surface area contributed by atoms with Crippen molar-refractivity contribution in [3.63, 3.8) is 0 Å². The van der Waals surface area contributed by atoms with Crippen LogP contribution in [0.25, 0.3) is 5.57 Å². The molecular weight excluding hydrogens is 389 g/mol. The van der Waals surface area contributed by atoms with E-state index in [0.29, 0.717) is 26.9 Å². The van der Waals surface area contributed by atoms with E-state index in [-0.39, 0.29) is 18.8 Å². The Morgan fingerprint density at radius 2 is 1.70 bits per heavy atom. The second-order valence-electron chi connectivity index (χ2n) is 5.54. The topological polar surface area (TPSA) is 64.6 Å². The summed E-state index contributed by atoms with van der Waals surface area (Å²) in [6.45, 7) is 3.56. The molecule has 1 amide bonds. The van der Waals surface area contributed by atoms with Gasteiger partial charge in [-0.2, -0.15) is 0 Å². The van der Waals surface area contributed by atoms with Gasteiger partial charge in [-0.1, -0.05) is 59.6 Å². The molecule has 5 nitrogen and oxygen atoms in total. The summed E-state index contributed by atoms with van der Waals surface area (Å²) in [5, 5.41) is 3.37. The third-order valence-electron chi connectivity index (χ3n) is 3.56. The average molecular weight is 408 g/mol. The minimum absolute atomic E-state index is 0.01000. The Bertz CT molecular complexity index is 850. The highest BCUT2D eigenvalue weighted by Gasteiger charge is 2.18. The maximum atomic E-state index is 12.3. The minimum atomic E-state index is -0.698. The van der Waals surface area contributed by atoms with Gasteiger partial charge in [0.1, 0.15) is 6.61 Å². The average Bonchev–Trinajstić information content (AvgIpc) is 2.64. The molecule has 0 aromatic heterocycles. The number of carbonyl (C=O) groups is 2. The number of benzene rings is 2. The number of ether oxygens (including phenoxy) is 2. The van der Waals surface area contributed by atoms with E-state index < -0.39 is 12.1 Å². The van der Waals surface area contributed by atoms with Gasteiger partial charge in [-0.15, -0.1) is 0 Å². The van der Waals surface area contributed by atoms with Crippen molar-refractivity contribution >= 4 is 40.8 Å². The zero-order chi connectivity index (χ0) is 19.8. The SMILES string of the molecule is CCOC(=O)/C(=C(/C)NC(=O)OCc1ccc(Cl)c(Cl)c1)c1ccccc1. The van der Waals surface area contributed by atoms with Gasteiger partial charge in [0.05, 0.1) is 22.2 Å². The van der Waals surface area contributed by atoms with Crippen LogP contribution < -0.4 is 5.32 Å². The summed E-state index contributed by atoms with van der Waals surface area (Å²) in [4.78, 5) is 24.4. The lowest BCUT2D eigenvalue weighted by atomic mass is 10.0. The van der Waals surface area contributed by atoms with Crippen molar-refractivity contribution in [1.82, 2.24) is 5.32 Å². The van der Waals surface area contributed by atoms with E-state index in [2.05, 4.69) is 5.32 Å². The van der Waals surface area contributed by atoms with Gasteiger partial charge in [-0.05, 0) is 37.1 Å². The molecule has 2 rings (SSSR count). The second-order valence-corrected chi connectivity index (χ2v) is 6.35. The minimum Gasteiger partial charge on any atom is -0.462 e. The monoisotopic (exact) mass is 407 g/mol. The van der Waals surface area contributed by atoms with Crippen molar-refractivity contribution in [1.29, 1.82) is 0 Å². The largest absolute Gasteiger partial charge is 0.462 e. The summed E-state index contributed by atoms with van der Waals surface area (Å²) in [5.74, 6) is -0.522. The fourth-order valence-corrected chi connectivity index (χ4v) is 2.65. The third kappa shape index (κ3) is 6.01. The Morgan fingerprint density at radius 1 is 1.00 bits per heavy atom. The molecule has 0 saturated heterocycles. The van der Waals surface area contributed by atoms with Gasteiger partial charge in [0.25, 0.3) is 0 Å². The molecular formula is C20H19Cl2NO4. The van der Waals surface area contributed by atoms with E-state index in [1.807, 2.05) is 6.07 Å². The first-order valence-corrected chi connectivity index (χ1v) is 8.99. The van der Waals surface area contributed by atoms with Crippen molar-refractivity contribution in [3.8, 4) is 0 Å². The molecule has 0 aliphatic heterocycles. The molecule has 142 valence electrons. The highest BCUT2D eigenvalue weighted by molar-refractivity contribution is 6.42. The zero-order valence-electron chi connectivity index (χ0n) is 14.9. The van der Waals surface area contributed by atoms with Crippen LogP contribution in [0.15, 0.2) is 54.2 Å². The van der Waals surface area contributed by atoms with Crippen LogP contribution in [0.3, 0.4) is 0 Å². The maximum Gasteiger partial charge on any atom is 0.411 e. The predicted molar refractivity (Wildman–Crippen MR) is 105 cm³/mol. The summed E-state index contributed by atoms with van der Waals surface area (Å²) in [6.07, 6.45) is -0.698. The number of allylic oxidation sites excluding steroid dienone is 1. The van der Waals surface area contributed by atoms with Gasteiger partial charge in [0.15, 0.2) is 0 Å². The molecule has 0 heterocycles. The zero-order valence-corrected chi connectivity index (χ0v) is 16.4. The van der Waals surface area contributed by atoms with Crippen molar-refractivity contribution in [2.24, 2.45) is 0 Å². The van der Waals surface area contributed by atoms with Crippen molar-refractivity contribution in [2.75, 3.05) is 6.61 Å². The lowest BCUT2D eigenvalue weighted by molar-refractivity contribution is -0.136. The molecule has 0 bridgehead atoms.